The molecule has 0 rings (SSSR count). The van der Waals surface area contributed by atoms with Crippen molar-refractivity contribution >= 4 is 17.6 Å². The van der Waals surface area contributed by atoms with Crippen LogP contribution in [-0.4, -0.2) is 28.2 Å². The summed E-state index contributed by atoms with van der Waals surface area (Å²) in [5.41, 5.74) is -0.841. The number of alkyl halides is 1. The summed E-state index contributed by atoms with van der Waals surface area (Å²) < 4.78 is 0. The van der Waals surface area contributed by atoms with Gasteiger partial charge in [0.15, 0.2) is 0 Å². The van der Waals surface area contributed by atoms with Gasteiger partial charge in [0.25, 0.3) is 0 Å². The van der Waals surface area contributed by atoms with Crippen LogP contribution >= 0.6 is 11.6 Å². The van der Waals surface area contributed by atoms with Crippen molar-refractivity contribution in [2.24, 2.45) is 5.41 Å². The van der Waals surface area contributed by atoms with Crippen molar-refractivity contribution < 1.29 is 15.0 Å². The number of halogens is 1. The van der Waals surface area contributed by atoms with E-state index < -0.39 is 17.5 Å². The molecule has 0 aliphatic carbocycles. The molecule has 0 radical (unpaired) electrons. The third-order valence-electron chi connectivity index (χ3n) is 2.85. The summed E-state index contributed by atoms with van der Waals surface area (Å²) in [6.45, 7) is 3.80. The van der Waals surface area contributed by atoms with E-state index in [-0.39, 0.29) is 0 Å². The highest BCUT2D eigenvalue weighted by molar-refractivity contribution is 6.18. The van der Waals surface area contributed by atoms with Gasteiger partial charge < -0.3 is 10.2 Å². The van der Waals surface area contributed by atoms with E-state index in [0.29, 0.717) is 31.6 Å². The van der Waals surface area contributed by atoms with Crippen molar-refractivity contribution in [3.63, 3.8) is 0 Å². The van der Waals surface area contributed by atoms with E-state index in [4.69, 9.17) is 11.6 Å². The maximum absolute atomic E-state index is 11.3. The molecule has 2 N–H and O–H groups in total. The number of hydrogen-bond acceptors (Lipinski definition) is 2. The Morgan fingerprint density at radius 3 is 2.33 bits per heavy atom. The molecule has 3 nitrogen and oxygen atoms in total. The molecule has 0 amide bonds. The van der Waals surface area contributed by atoms with E-state index in [9.17, 15) is 15.0 Å². The predicted octanol–water partition coefficient (Wildman–Crippen LogP) is 2.65. The van der Waals surface area contributed by atoms with Crippen molar-refractivity contribution in [3.05, 3.63) is 0 Å². The van der Waals surface area contributed by atoms with Crippen LogP contribution < -0.4 is 0 Å². The van der Waals surface area contributed by atoms with Gasteiger partial charge in [-0.15, -0.1) is 11.6 Å². The Balaban J connectivity index is 4.68. The number of aliphatic hydroxyl groups is 1. The Hall–Kier alpha value is -0.280. The molecule has 0 saturated heterocycles. The molecule has 15 heavy (non-hydrogen) atoms. The first-order chi connectivity index (χ1) is 7.02. The van der Waals surface area contributed by atoms with Gasteiger partial charge in [-0.25, -0.2) is 0 Å². The molecule has 0 heterocycles. The van der Waals surface area contributed by atoms with E-state index in [1.807, 2.05) is 13.8 Å². The van der Waals surface area contributed by atoms with Crippen LogP contribution in [-0.2, 0) is 4.79 Å². The zero-order valence-corrected chi connectivity index (χ0v) is 10.3. The lowest BCUT2D eigenvalue weighted by Gasteiger charge is -2.30. The molecule has 0 saturated carbocycles. The molecule has 0 aliphatic rings. The first-order valence-electron chi connectivity index (χ1n) is 5.49. The van der Waals surface area contributed by atoms with E-state index in [1.54, 1.807) is 0 Å². The summed E-state index contributed by atoms with van der Waals surface area (Å²) in [6, 6.07) is 0. The van der Waals surface area contributed by atoms with Gasteiger partial charge in [-0.2, -0.15) is 0 Å². The third kappa shape index (κ3) is 4.39. The molecule has 0 bridgehead atoms. The van der Waals surface area contributed by atoms with Crippen LogP contribution in [0.15, 0.2) is 0 Å². The Morgan fingerprint density at radius 2 is 2.00 bits per heavy atom. The summed E-state index contributed by atoms with van der Waals surface area (Å²) in [5.74, 6) is -0.513. The highest BCUT2D eigenvalue weighted by Gasteiger charge is 2.38. The highest BCUT2D eigenvalue weighted by atomic mass is 35.5. The van der Waals surface area contributed by atoms with Crippen molar-refractivity contribution in [2.75, 3.05) is 5.88 Å². The van der Waals surface area contributed by atoms with Crippen LogP contribution in [0.3, 0.4) is 0 Å². The number of hydrogen-bond donors (Lipinski definition) is 2. The Labute approximate surface area is 96.4 Å². The molecule has 0 aromatic carbocycles. The lowest BCUT2D eigenvalue weighted by molar-refractivity contribution is -0.152. The Kier molecular flexibility index (Phi) is 6.94. The predicted molar refractivity (Wildman–Crippen MR) is 61.2 cm³/mol. The number of carbonyl (C=O) groups is 1. The topological polar surface area (TPSA) is 57.5 Å². The normalized spacial score (nSPS) is 17.1. The fraction of sp³-hybridized carbons (Fsp3) is 0.909. The minimum atomic E-state index is -0.841. The summed E-state index contributed by atoms with van der Waals surface area (Å²) in [7, 11) is 0. The molecule has 2 unspecified atom stereocenters. The Bertz CT molecular complexity index is 188. The fourth-order valence-electron chi connectivity index (χ4n) is 1.89. The van der Waals surface area contributed by atoms with Crippen LogP contribution in [0.25, 0.3) is 0 Å². The Morgan fingerprint density at radius 1 is 1.40 bits per heavy atom. The smallest absolute Gasteiger partial charge is 0.309 e. The van der Waals surface area contributed by atoms with Crippen LogP contribution in [0.4, 0.5) is 0 Å². The molecular formula is C11H21ClO3. The molecule has 2 atom stereocenters. The van der Waals surface area contributed by atoms with Crippen molar-refractivity contribution in [1.29, 1.82) is 0 Å². The largest absolute Gasteiger partial charge is 0.481 e. The van der Waals surface area contributed by atoms with Crippen LogP contribution in [0, 0.1) is 5.41 Å². The summed E-state index contributed by atoms with van der Waals surface area (Å²) in [5, 5.41) is 18.8. The van der Waals surface area contributed by atoms with Crippen LogP contribution in [0.1, 0.15) is 46.0 Å². The number of carboxylic acids is 1. The molecule has 4 heteroatoms. The van der Waals surface area contributed by atoms with Crippen molar-refractivity contribution in [2.45, 2.75) is 52.1 Å². The summed E-state index contributed by atoms with van der Waals surface area (Å²) in [4.78, 5) is 11.3. The van der Waals surface area contributed by atoms with Gasteiger partial charge in [-0.1, -0.05) is 20.3 Å². The van der Waals surface area contributed by atoms with Gasteiger partial charge in [0, 0.05) is 5.88 Å². The maximum atomic E-state index is 11.3. The van der Waals surface area contributed by atoms with E-state index >= 15 is 0 Å². The second kappa shape index (κ2) is 7.07. The van der Waals surface area contributed by atoms with Gasteiger partial charge in [-0.3, -0.25) is 4.79 Å². The maximum Gasteiger partial charge on any atom is 0.309 e. The van der Waals surface area contributed by atoms with E-state index in [1.165, 1.54) is 0 Å². The van der Waals surface area contributed by atoms with E-state index in [0.717, 1.165) is 6.42 Å². The summed E-state index contributed by atoms with van der Waals surface area (Å²) in [6.07, 6.45) is 2.14. The van der Waals surface area contributed by atoms with E-state index in [2.05, 4.69) is 0 Å². The zero-order valence-electron chi connectivity index (χ0n) is 9.50. The van der Waals surface area contributed by atoms with Gasteiger partial charge in [0.05, 0.1) is 11.5 Å². The number of aliphatic hydroxyl groups excluding tert-OH is 1. The van der Waals surface area contributed by atoms with Crippen molar-refractivity contribution in [3.8, 4) is 0 Å². The average Bonchev–Trinajstić information content (AvgIpc) is 2.18. The van der Waals surface area contributed by atoms with Gasteiger partial charge in [0.1, 0.15) is 0 Å². The fourth-order valence-corrected chi connectivity index (χ4v) is 2.25. The molecule has 0 fully saturated rings. The molecule has 0 aliphatic heterocycles. The van der Waals surface area contributed by atoms with Gasteiger partial charge in [0.2, 0.25) is 0 Å². The first kappa shape index (κ1) is 14.7. The first-order valence-corrected chi connectivity index (χ1v) is 6.03. The summed E-state index contributed by atoms with van der Waals surface area (Å²) >= 11 is 5.65. The van der Waals surface area contributed by atoms with Crippen molar-refractivity contribution in [1.82, 2.24) is 0 Å². The quantitative estimate of drug-likeness (QED) is 0.637. The minimum absolute atomic E-state index is 0.305. The number of carboxylic acid groups (broad SMARTS) is 1. The molecular weight excluding hydrogens is 216 g/mol. The number of aliphatic carboxylic acids is 1. The lowest BCUT2D eigenvalue weighted by atomic mass is 9.76. The second-order valence-electron chi connectivity index (χ2n) is 4.04. The van der Waals surface area contributed by atoms with Gasteiger partial charge >= 0.3 is 5.97 Å². The zero-order chi connectivity index (χ0) is 11.9. The second-order valence-corrected chi connectivity index (χ2v) is 4.42. The monoisotopic (exact) mass is 236 g/mol. The molecule has 0 spiro atoms. The SMILES string of the molecule is CCCC(CCCl)(CC(O)CC)C(=O)O. The highest BCUT2D eigenvalue weighted by Crippen LogP contribution is 2.35. The van der Waals surface area contributed by atoms with Crippen LogP contribution in [0.5, 0.6) is 0 Å². The minimum Gasteiger partial charge on any atom is -0.481 e. The van der Waals surface area contributed by atoms with Crippen LogP contribution in [0.2, 0.25) is 0 Å². The molecule has 0 aromatic rings. The molecule has 0 aromatic heterocycles. The standard InChI is InChI=1S/C11H21ClO3/c1-3-5-11(6-7-12,10(14)15)8-9(13)4-2/h9,13H,3-8H2,1-2H3,(H,14,15). The number of rotatable bonds is 8. The van der Waals surface area contributed by atoms with Gasteiger partial charge in [-0.05, 0) is 25.7 Å². The third-order valence-corrected chi connectivity index (χ3v) is 3.04. The lowest BCUT2D eigenvalue weighted by Crippen LogP contribution is -2.35. The average molecular weight is 237 g/mol. The molecule has 90 valence electrons.